The third kappa shape index (κ3) is 5.74. The lowest BCUT2D eigenvalue weighted by Crippen LogP contribution is -2.26. The van der Waals surface area contributed by atoms with Crippen molar-refractivity contribution in [1.29, 1.82) is 0 Å². The molecule has 1 aliphatic carbocycles. The van der Waals surface area contributed by atoms with E-state index >= 15 is 0 Å². The van der Waals surface area contributed by atoms with E-state index < -0.39 is 0 Å². The van der Waals surface area contributed by atoms with Gasteiger partial charge in [0.05, 0.1) is 13.2 Å². The van der Waals surface area contributed by atoms with E-state index in [9.17, 15) is 4.79 Å². The van der Waals surface area contributed by atoms with Gasteiger partial charge < -0.3 is 14.8 Å². The smallest absolute Gasteiger partial charge is 0.332 e. The minimum atomic E-state index is -0.286. The first-order valence-corrected chi connectivity index (χ1v) is 5.60. The van der Waals surface area contributed by atoms with Gasteiger partial charge in [-0.25, -0.2) is 4.79 Å². The predicted molar refractivity (Wildman–Crippen MR) is 57.7 cm³/mol. The topological polar surface area (TPSA) is 47.6 Å². The fourth-order valence-electron chi connectivity index (χ4n) is 1.28. The summed E-state index contributed by atoms with van der Waals surface area (Å²) in [6.07, 6.45) is 2.65. The summed E-state index contributed by atoms with van der Waals surface area (Å²) in [5, 5.41) is 3.32. The Morgan fingerprint density at radius 3 is 2.80 bits per heavy atom. The summed E-state index contributed by atoms with van der Waals surface area (Å²) in [7, 11) is 0. The van der Waals surface area contributed by atoms with Crippen molar-refractivity contribution in [2.45, 2.75) is 26.7 Å². The van der Waals surface area contributed by atoms with E-state index in [0.29, 0.717) is 18.6 Å². The molecule has 88 valence electrons. The van der Waals surface area contributed by atoms with Crippen LogP contribution < -0.4 is 5.32 Å². The molecule has 0 amide bonds. The third-order valence-electron chi connectivity index (χ3n) is 2.60. The van der Waals surface area contributed by atoms with Crippen LogP contribution in [0.2, 0.25) is 0 Å². The highest BCUT2D eigenvalue weighted by Crippen LogP contribution is 2.43. The fraction of sp³-hybridized carbons (Fsp3) is 0.909. The Kier molecular flexibility index (Phi) is 5.05. The monoisotopic (exact) mass is 215 g/mol. The van der Waals surface area contributed by atoms with Crippen LogP contribution in [-0.2, 0) is 14.3 Å². The van der Waals surface area contributed by atoms with E-state index in [1.165, 1.54) is 12.8 Å². The zero-order chi connectivity index (χ0) is 11.1. The van der Waals surface area contributed by atoms with Crippen LogP contribution in [0.25, 0.3) is 0 Å². The van der Waals surface area contributed by atoms with Gasteiger partial charge in [-0.1, -0.05) is 6.92 Å². The molecule has 0 unspecified atom stereocenters. The van der Waals surface area contributed by atoms with Gasteiger partial charge >= 0.3 is 5.97 Å². The highest BCUT2D eigenvalue weighted by Gasteiger charge is 2.36. The third-order valence-corrected chi connectivity index (χ3v) is 2.60. The van der Waals surface area contributed by atoms with Crippen LogP contribution in [0.15, 0.2) is 0 Å². The summed E-state index contributed by atoms with van der Waals surface area (Å²) in [6, 6.07) is 0. The highest BCUT2D eigenvalue weighted by atomic mass is 16.6. The minimum Gasteiger partial charge on any atom is -0.464 e. The number of carbonyl (C=O) groups excluding carboxylic acids is 1. The second-order valence-electron chi connectivity index (χ2n) is 4.35. The SMILES string of the molecule is CCOC(=O)COCCNCC1(C)CC1. The first kappa shape index (κ1) is 12.5. The molecule has 0 aromatic rings. The molecule has 4 nitrogen and oxygen atoms in total. The number of hydrogen-bond donors (Lipinski definition) is 1. The van der Waals surface area contributed by atoms with Gasteiger partial charge in [0.15, 0.2) is 0 Å². The molecular formula is C11H21NO3. The van der Waals surface area contributed by atoms with Crippen molar-refractivity contribution in [3.05, 3.63) is 0 Å². The van der Waals surface area contributed by atoms with Crippen molar-refractivity contribution in [2.75, 3.05) is 32.9 Å². The molecule has 0 aliphatic heterocycles. The van der Waals surface area contributed by atoms with Gasteiger partial charge in [0.1, 0.15) is 6.61 Å². The maximum absolute atomic E-state index is 10.9. The average Bonchev–Trinajstić information content (AvgIpc) is 2.91. The Balaban J connectivity index is 1.82. The second-order valence-corrected chi connectivity index (χ2v) is 4.35. The van der Waals surface area contributed by atoms with E-state index in [0.717, 1.165) is 13.1 Å². The Morgan fingerprint density at radius 1 is 1.47 bits per heavy atom. The summed E-state index contributed by atoms with van der Waals surface area (Å²) in [5.74, 6) is -0.286. The summed E-state index contributed by atoms with van der Waals surface area (Å²) >= 11 is 0. The lowest BCUT2D eigenvalue weighted by Gasteiger charge is -2.09. The van der Waals surface area contributed by atoms with Gasteiger partial charge in [-0.05, 0) is 25.2 Å². The van der Waals surface area contributed by atoms with E-state index in [1.54, 1.807) is 6.92 Å². The number of hydrogen-bond acceptors (Lipinski definition) is 4. The lowest BCUT2D eigenvalue weighted by atomic mass is 10.1. The molecule has 0 bridgehead atoms. The van der Waals surface area contributed by atoms with Crippen molar-refractivity contribution >= 4 is 5.97 Å². The molecule has 1 N–H and O–H groups in total. The molecule has 0 radical (unpaired) electrons. The van der Waals surface area contributed by atoms with Crippen LogP contribution in [0, 0.1) is 5.41 Å². The molecule has 1 fully saturated rings. The molecule has 0 spiro atoms. The zero-order valence-corrected chi connectivity index (χ0v) is 9.67. The molecule has 0 aromatic carbocycles. The molecule has 1 aliphatic rings. The van der Waals surface area contributed by atoms with E-state index in [1.807, 2.05) is 0 Å². The van der Waals surface area contributed by atoms with Crippen molar-refractivity contribution in [3.8, 4) is 0 Å². The summed E-state index contributed by atoms with van der Waals surface area (Å²) < 4.78 is 9.87. The lowest BCUT2D eigenvalue weighted by molar-refractivity contribution is -0.148. The molecule has 4 heteroatoms. The average molecular weight is 215 g/mol. The maximum atomic E-state index is 10.9. The van der Waals surface area contributed by atoms with Gasteiger partial charge in [-0.3, -0.25) is 0 Å². The number of carbonyl (C=O) groups is 1. The first-order chi connectivity index (χ1) is 7.16. The van der Waals surface area contributed by atoms with E-state index in [-0.39, 0.29) is 12.6 Å². The van der Waals surface area contributed by atoms with Crippen LogP contribution in [-0.4, -0.2) is 38.9 Å². The van der Waals surface area contributed by atoms with Crippen LogP contribution >= 0.6 is 0 Å². The van der Waals surface area contributed by atoms with Crippen molar-refractivity contribution < 1.29 is 14.3 Å². The predicted octanol–water partition coefficient (Wildman–Crippen LogP) is 0.956. The van der Waals surface area contributed by atoms with E-state index in [2.05, 4.69) is 12.2 Å². The van der Waals surface area contributed by atoms with Gasteiger partial charge in [0, 0.05) is 13.1 Å². The number of esters is 1. The molecule has 0 aromatic heterocycles. The normalized spacial score (nSPS) is 17.5. The minimum absolute atomic E-state index is 0.0623. The maximum Gasteiger partial charge on any atom is 0.332 e. The number of ether oxygens (including phenoxy) is 2. The molecule has 0 saturated heterocycles. The van der Waals surface area contributed by atoms with Crippen LogP contribution in [0.5, 0.6) is 0 Å². The Morgan fingerprint density at radius 2 is 2.20 bits per heavy atom. The van der Waals surface area contributed by atoms with E-state index in [4.69, 9.17) is 9.47 Å². The number of rotatable bonds is 8. The zero-order valence-electron chi connectivity index (χ0n) is 9.67. The van der Waals surface area contributed by atoms with Gasteiger partial charge in [-0.2, -0.15) is 0 Å². The van der Waals surface area contributed by atoms with Crippen LogP contribution in [0.3, 0.4) is 0 Å². The summed E-state index contributed by atoms with van der Waals surface area (Å²) in [4.78, 5) is 10.9. The Labute approximate surface area is 91.3 Å². The standard InChI is InChI=1S/C11H21NO3/c1-3-15-10(13)8-14-7-6-12-9-11(2)4-5-11/h12H,3-9H2,1-2H3. The largest absolute Gasteiger partial charge is 0.464 e. The van der Waals surface area contributed by atoms with Crippen LogP contribution in [0.4, 0.5) is 0 Å². The fourth-order valence-corrected chi connectivity index (χ4v) is 1.28. The van der Waals surface area contributed by atoms with Crippen LogP contribution in [0.1, 0.15) is 26.7 Å². The van der Waals surface area contributed by atoms with Gasteiger partial charge in [0.25, 0.3) is 0 Å². The van der Waals surface area contributed by atoms with Gasteiger partial charge in [0.2, 0.25) is 0 Å². The summed E-state index contributed by atoms with van der Waals surface area (Å²) in [6.45, 7) is 6.96. The summed E-state index contributed by atoms with van der Waals surface area (Å²) in [5.41, 5.74) is 0.529. The molecule has 1 rings (SSSR count). The number of nitrogens with one attached hydrogen (secondary N) is 1. The molecule has 15 heavy (non-hydrogen) atoms. The molecule has 0 heterocycles. The highest BCUT2D eigenvalue weighted by molar-refractivity contribution is 5.70. The Hall–Kier alpha value is -0.610. The molecule has 1 saturated carbocycles. The quantitative estimate of drug-likeness (QED) is 0.484. The van der Waals surface area contributed by atoms with Crippen molar-refractivity contribution in [2.24, 2.45) is 5.41 Å². The van der Waals surface area contributed by atoms with Crippen molar-refractivity contribution in [1.82, 2.24) is 5.32 Å². The van der Waals surface area contributed by atoms with Crippen molar-refractivity contribution in [3.63, 3.8) is 0 Å². The Bertz CT molecular complexity index is 202. The molecule has 0 atom stereocenters. The van der Waals surface area contributed by atoms with Gasteiger partial charge in [-0.15, -0.1) is 0 Å². The first-order valence-electron chi connectivity index (χ1n) is 5.60. The molecular weight excluding hydrogens is 194 g/mol. The second kappa shape index (κ2) is 6.08.